The molecule has 0 unspecified atom stereocenters. The average molecular weight is 227 g/mol. The summed E-state index contributed by atoms with van der Waals surface area (Å²) < 4.78 is 2.63. The van der Waals surface area contributed by atoms with Crippen LogP contribution in [-0.4, -0.2) is 9.38 Å². The van der Waals surface area contributed by atoms with Gasteiger partial charge < -0.3 is 9.38 Å². The van der Waals surface area contributed by atoms with E-state index in [4.69, 9.17) is 0 Å². The average Bonchev–Trinajstić information content (AvgIpc) is 2.31. The van der Waals surface area contributed by atoms with Crippen LogP contribution in [0.15, 0.2) is 27.7 Å². The van der Waals surface area contributed by atoms with Gasteiger partial charge in [-0.3, -0.25) is 4.79 Å². The summed E-state index contributed by atoms with van der Waals surface area (Å²) in [5.41, 5.74) is 1.45. The van der Waals surface area contributed by atoms with E-state index < -0.39 is 0 Å². The lowest BCUT2D eigenvalue weighted by atomic mass is 10.4. The third-order valence-corrected chi connectivity index (χ3v) is 2.36. The number of aryl methyl sites for hydroxylation is 1. The van der Waals surface area contributed by atoms with Crippen LogP contribution < -0.4 is 5.56 Å². The number of nitrogens with one attached hydrogen (secondary N) is 1. The van der Waals surface area contributed by atoms with Crippen LogP contribution in [0.5, 0.6) is 0 Å². The molecule has 0 atom stereocenters. The number of aromatic amines is 1. The standard InChI is InChI=1S/C8H7BrN2O/c1-5-4-11-3-2-6(9)7(11)8(12)10-5/h2-4H,1H3,(H,10,12). The molecule has 0 radical (unpaired) electrons. The van der Waals surface area contributed by atoms with Crippen LogP contribution in [0.4, 0.5) is 0 Å². The van der Waals surface area contributed by atoms with Crippen LogP contribution in [0.2, 0.25) is 0 Å². The van der Waals surface area contributed by atoms with Gasteiger partial charge in [-0.15, -0.1) is 0 Å². The smallest absolute Gasteiger partial charge is 0.273 e. The second-order valence-electron chi connectivity index (χ2n) is 2.69. The topological polar surface area (TPSA) is 37.3 Å². The van der Waals surface area contributed by atoms with Crippen molar-refractivity contribution >= 4 is 21.4 Å². The molecule has 0 saturated carbocycles. The summed E-state index contributed by atoms with van der Waals surface area (Å²) in [5.74, 6) is 0. The van der Waals surface area contributed by atoms with Gasteiger partial charge in [-0.1, -0.05) is 0 Å². The van der Waals surface area contributed by atoms with Gasteiger partial charge in [0, 0.05) is 22.6 Å². The Morgan fingerprint density at radius 1 is 1.58 bits per heavy atom. The van der Waals surface area contributed by atoms with Crippen molar-refractivity contribution in [2.75, 3.05) is 0 Å². The fraction of sp³-hybridized carbons (Fsp3) is 0.125. The SMILES string of the molecule is Cc1cn2ccc(Br)c2c(=O)[nH]1. The Bertz CT molecular complexity index is 483. The number of fused-ring (bicyclic) bond motifs is 1. The van der Waals surface area contributed by atoms with E-state index in [-0.39, 0.29) is 5.56 Å². The number of hydrogen-bond acceptors (Lipinski definition) is 1. The van der Waals surface area contributed by atoms with Crippen molar-refractivity contribution in [3.8, 4) is 0 Å². The molecular weight excluding hydrogens is 220 g/mol. The Morgan fingerprint density at radius 3 is 3.08 bits per heavy atom. The van der Waals surface area contributed by atoms with Gasteiger partial charge in [0.25, 0.3) is 5.56 Å². The highest BCUT2D eigenvalue weighted by Gasteiger charge is 2.03. The maximum atomic E-state index is 11.4. The van der Waals surface area contributed by atoms with Crippen molar-refractivity contribution in [2.24, 2.45) is 0 Å². The highest BCUT2D eigenvalue weighted by atomic mass is 79.9. The minimum Gasteiger partial charge on any atom is -0.323 e. The minimum absolute atomic E-state index is 0.0631. The van der Waals surface area contributed by atoms with Crippen molar-refractivity contribution in [2.45, 2.75) is 6.92 Å². The van der Waals surface area contributed by atoms with Gasteiger partial charge in [0.2, 0.25) is 0 Å². The molecule has 0 fully saturated rings. The third kappa shape index (κ3) is 0.992. The molecule has 0 bridgehead atoms. The molecule has 4 heteroatoms. The van der Waals surface area contributed by atoms with Crippen molar-refractivity contribution in [3.63, 3.8) is 0 Å². The third-order valence-electron chi connectivity index (χ3n) is 1.72. The first-order valence-electron chi connectivity index (χ1n) is 3.54. The number of H-pyrrole nitrogens is 1. The first kappa shape index (κ1) is 7.61. The maximum Gasteiger partial charge on any atom is 0.273 e. The molecule has 0 saturated heterocycles. The molecule has 62 valence electrons. The van der Waals surface area contributed by atoms with Crippen molar-refractivity contribution in [1.29, 1.82) is 0 Å². The van der Waals surface area contributed by atoms with Crippen molar-refractivity contribution in [1.82, 2.24) is 9.38 Å². The van der Waals surface area contributed by atoms with Gasteiger partial charge in [-0.2, -0.15) is 0 Å². The maximum absolute atomic E-state index is 11.4. The summed E-state index contributed by atoms with van der Waals surface area (Å²) in [6.07, 6.45) is 3.73. The van der Waals surface area contributed by atoms with E-state index in [0.717, 1.165) is 10.2 Å². The summed E-state index contributed by atoms with van der Waals surface area (Å²) in [6.45, 7) is 1.86. The van der Waals surface area contributed by atoms with Gasteiger partial charge in [0.15, 0.2) is 0 Å². The number of nitrogens with zero attached hydrogens (tertiary/aromatic N) is 1. The largest absolute Gasteiger partial charge is 0.323 e. The number of halogens is 1. The molecule has 3 nitrogen and oxygen atoms in total. The summed E-state index contributed by atoms with van der Waals surface area (Å²) in [5, 5.41) is 0. The molecular formula is C8H7BrN2O. The lowest BCUT2D eigenvalue weighted by Gasteiger charge is -1.96. The molecule has 0 amide bonds. The lowest BCUT2D eigenvalue weighted by Crippen LogP contribution is -2.10. The van der Waals surface area contributed by atoms with Gasteiger partial charge in [0.05, 0.1) is 0 Å². The second kappa shape index (κ2) is 2.48. The van der Waals surface area contributed by atoms with Gasteiger partial charge in [-0.05, 0) is 28.9 Å². The predicted octanol–water partition coefficient (Wildman–Crippen LogP) is 1.70. The van der Waals surface area contributed by atoms with Crippen LogP contribution >= 0.6 is 15.9 Å². The van der Waals surface area contributed by atoms with Crippen LogP contribution in [0.3, 0.4) is 0 Å². The van der Waals surface area contributed by atoms with E-state index in [1.165, 1.54) is 0 Å². The van der Waals surface area contributed by atoms with Gasteiger partial charge >= 0.3 is 0 Å². The number of hydrogen-bond donors (Lipinski definition) is 1. The normalized spacial score (nSPS) is 10.8. The molecule has 2 rings (SSSR count). The lowest BCUT2D eigenvalue weighted by molar-refractivity contribution is 1.05. The first-order valence-corrected chi connectivity index (χ1v) is 4.34. The van der Waals surface area contributed by atoms with Crippen LogP contribution in [0, 0.1) is 6.92 Å². The molecule has 0 aliphatic rings. The zero-order valence-electron chi connectivity index (χ0n) is 6.47. The second-order valence-corrected chi connectivity index (χ2v) is 3.54. The summed E-state index contributed by atoms with van der Waals surface area (Å²) in [6, 6.07) is 1.85. The Balaban J connectivity index is 3.03. The molecule has 0 spiro atoms. The molecule has 2 aromatic heterocycles. The van der Waals surface area contributed by atoms with E-state index in [9.17, 15) is 4.79 Å². The van der Waals surface area contributed by atoms with Crippen molar-refractivity contribution in [3.05, 3.63) is 39.0 Å². The van der Waals surface area contributed by atoms with E-state index in [1.807, 2.05) is 25.4 Å². The van der Waals surface area contributed by atoms with E-state index in [1.54, 1.807) is 4.40 Å². The van der Waals surface area contributed by atoms with Gasteiger partial charge in [0.1, 0.15) is 5.52 Å². The Hall–Kier alpha value is -1.03. The predicted molar refractivity (Wildman–Crippen MR) is 50.5 cm³/mol. The Morgan fingerprint density at radius 2 is 2.33 bits per heavy atom. The Labute approximate surface area is 77.2 Å². The molecule has 1 N–H and O–H groups in total. The van der Waals surface area contributed by atoms with E-state index >= 15 is 0 Å². The van der Waals surface area contributed by atoms with Crippen LogP contribution in [0.1, 0.15) is 5.69 Å². The fourth-order valence-corrected chi connectivity index (χ4v) is 1.74. The molecule has 2 heterocycles. The van der Waals surface area contributed by atoms with Gasteiger partial charge in [-0.25, -0.2) is 0 Å². The van der Waals surface area contributed by atoms with E-state index in [2.05, 4.69) is 20.9 Å². The Kier molecular flexibility index (Phi) is 1.58. The molecule has 0 aliphatic carbocycles. The quantitative estimate of drug-likeness (QED) is 0.730. The van der Waals surface area contributed by atoms with E-state index in [0.29, 0.717) is 5.52 Å². The zero-order valence-corrected chi connectivity index (χ0v) is 8.05. The highest BCUT2D eigenvalue weighted by Crippen LogP contribution is 2.14. The van der Waals surface area contributed by atoms with Crippen LogP contribution in [-0.2, 0) is 0 Å². The number of rotatable bonds is 0. The van der Waals surface area contributed by atoms with Crippen molar-refractivity contribution < 1.29 is 0 Å². The minimum atomic E-state index is -0.0631. The summed E-state index contributed by atoms with van der Waals surface area (Å²) in [4.78, 5) is 14.1. The first-order chi connectivity index (χ1) is 5.68. The number of aromatic nitrogens is 2. The molecule has 0 aliphatic heterocycles. The monoisotopic (exact) mass is 226 g/mol. The summed E-state index contributed by atoms with van der Waals surface area (Å²) in [7, 11) is 0. The fourth-order valence-electron chi connectivity index (χ4n) is 1.24. The molecule has 12 heavy (non-hydrogen) atoms. The highest BCUT2D eigenvalue weighted by molar-refractivity contribution is 9.10. The molecule has 2 aromatic rings. The van der Waals surface area contributed by atoms with Crippen LogP contribution in [0.25, 0.3) is 5.52 Å². The zero-order chi connectivity index (χ0) is 8.72. The molecule has 0 aromatic carbocycles. The summed E-state index contributed by atoms with van der Waals surface area (Å²) >= 11 is 3.30.